The number of rotatable bonds is 4. The molecule has 4 heteroatoms. The summed E-state index contributed by atoms with van der Waals surface area (Å²) in [6.45, 7) is 4.17. The maximum atomic E-state index is 5.38. The molecule has 0 bridgehead atoms. The van der Waals surface area contributed by atoms with Crippen LogP contribution in [0, 0.1) is 13.8 Å². The topological polar surface area (TPSA) is 34.2 Å². The molecule has 0 aliphatic heterocycles. The first-order valence-corrected chi connectivity index (χ1v) is 7.29. The minimum Gasteiger partial charge on any atom is -0.496 e. The highest BCUT2D eigenvalue weighted by atomic mass is 79.9. The van der Waals surface area contributed by atoms with Crippen LogP contribution in [0.4, 0.5) is 0 Å². The summed E-state index contributed by atoms with van der Waals surface area (Å²) in [7, 11) is 3.67. The Balaban J connectivity index is 2.49. The molecule has 1 heterocycles. The minimum atomic E-state index is 0.115. The van der Waals surface area contributed by atoms with Gasteiger partial charge in [-0.1, -0.05) is 6.07 Å². The number of halogens is 1. The minimum absolute atomic E-state index is 0.115. The van der Waals surface area contributed by atoms with Gasteiger partial charge in [0.15, 0.2) is 0 Å². The molecule has 1 N–H and O–H groups in total. The van der Waals surface area contributed by atoms with E-state index in [1.165, 1.54) is 11.1 Å². The van der Waals surface area contributed by atoms with Gasteiger partial charge < -0.3 is 10.1 Å². The van der Waals surface area contributed by atoms with Crippen molar-refractivity contribution >= 4 is 15.9 Å². The lowest BCUT2D eigenvalue weighted by Crippen LogP contribution is -2.19. The van der Waals surface area contributed by atoms with Crippen LogP contribution in [0.1, 0.15) is 28.3 Å². The van der Waals surface area contributed by atoms with Gasteiger partial charge in [-0.15, -0.1) is 0 Å². The molecule has 3 nitrogen and oxygen atoms in total. The van der Waals surface area contributed by atoms with Gasteiger partial charge in [-0.3, -0.25) is 4.98 Å². The predicted octanol–water partition coefficient (Wildman–Crippen LogP) is 3.78. The van der Waals surface area contributed by atoms with E-state index in [2.05, 4.69) is 58.3 Å². The molecule has 1 unspecified atom stereocenters. The Morgan fingerprint density at radius 1 is 1.15 bits per heavy atom. The Morgan fingerprint density at radius 3 is 2.50 bits per heavy atom. The SMILES string of the molecule is CNC(c1cncc(Br)c1)c1cc(C)c(OC)cc1C. The predicted molar refractivity (Wildman–Crippen MR) is 85.3 cm³/mol. The van der Waals surface area contributed by atoms with Gasteiger partial charge in [-0.05, 0) is 71.2 Å². The number of nitrogens with one attached hydrogen (secondary N) is 1. The highest BCUT2D eigenvalue weighted by molar-refractivity contribution is 9.10. The van der Waals surface area contributed by atoms with Crippen LogP contribution in [0.3, 0.4) is 0 Å². The Bertz CT molecular complexity index is 613. The van der Waals surface area contributed by atoms with Crippen molar-refractivity contribution in [3.63, 3.8) is 0 Å². The van der Waals surface area contributed by atoms with Crippen LogP contribution >= 0.6 is 15.9 Å². The monoisotopic (exact) mass is 334 g/mol. The van der Waals surface area contributed by atoms with Crippen LogP contribution in [0.25, 0.3) is 0 Å². The molecule has 1 aromatic carbocycles. The normalized spacial score (nSPS) is 12.2. The third kappa shape index (κ3) is 3.02. The molecule has 1 aromatic heterocycles. The number of hydrogen-bond donors (Lipinski definition) is 1. The summed E-state index contributed by atoms with van der Waals surface area (Å²) in [5.41, 5.74) is 4.71. The van der Waals surface area contributed by atoms with Crippen LogP contribution in [0.15, 0.2) is 35.1 Å². The first-order valence-electron chi connectivity index (χ1n) is 6.49. The van der Waals surface area contributed by atoms with Crippen molar-refractivity contribution in [3.05, 3.63) is 57.3 Å². The number of aromatic nitrogens is 1. The van der Waals surface area contributed by atoms with E-state index in [-0.39, 0.29) is 6.04 Å². The lowest BCUT2D eigenvalue weighted by Gasteiger charge is -2.21. The zero-order valence-corrected chi connectivity index (χ0v) is 13.8. The lowest BCUT2D eigenvalue weighted by molar-refractivity contribution is 0.411. The molecule has 2 rings (SSSR count). The smallest absolute Gasteiger partial charge is 0.122 e. The number of hydrogen-bond acceptors (Lipinski definition) is 3. The number of aryl methyl sites for hydroxylation is 2. The second-order valence-corrected chi connectivity index (χ2v) is 5.75. The molecule has 0 aliphatic rings. The molecular formula is C16H19BrN2O. The van der Waals surface area contributed by atoms with E-state index < -0.39 is 0 Å². The van der Waals surface area contributed by atoms with Crippen molar-refractivity contribution in [2.75, 3.05) is 14.2 Å². The van der Waals surface area contributed by atoms with E-state index in [0.717, 1.165) is 21.3 Å². The summed E-state index contributed by atoms with van der Waals surface area (Å²) in [5.74, 6) is 0.925. The Morgan fingerprint density at radius 2 is 1.90 bits per heavy atom. The molecule has 2 aromatic rings. The summed E-state index contributed by atoms with van der Waals surface area (Å²) in [5, 5.41) is 3.37. The molecule has 0 saturated heterocycles. The van der Waals surface area contributed by atoms with E-state index in [9.17, 15) is 0 Å². The van der Waals surface area contributed by atoms with E-state index in [0.29, 0.717) is 0 Å². The van der Waals surface area contributed by atoms with Gasteiger partial charge in [-0.25, -0.2) is 0 Å². The molecule has 20 heavy (non-hydrogen) atoms. The molecule has 1 atom stereocenters. The zero-order valence-electron chi connectivity index (χ0n) is 12.2. The van der Waals surface area contributed by atoms with E-state index >= 15 is 0 Å². The Labute approximate surface area is 128 Å². The Kier molecular flexibility index (Phi) is 4.78. The molecular weight excluding hydrogens is 316 g/mol. The number of ether oxygens (including phenoxy) is 1. The fourth-order valence-corrected chi connectivity index (χ4v) is 2.81. The summed E-state index contributed by atoms with van der Waals surface area (Å²) >= 11 is 3.48. The maximum absolute atomic E-state index is 5.38. The summed E-state index contributed by atoms with van der Waals surface area (Å²) in [6, 6.07) is 6.47. The Hall–Kier alpha value is -1.39. The molecule has 106 valence electrons. The van der Waals surface area contributed by atoms with Gasteiger partial charge in [0.1, 0.15) is 5.75 Å². The summed E-state index contributed by atoms with van der Waals surface area (Å²) in [4.78, 5) is 4.25. The van der Waals surface area contributed by atoms with E-state index in [1.807, 2.05) is 13.2 Å². The van der Waals surface area contributed by atoms with E-state index in [1.54, 1.807) is 13.3 Å². The van der Waals surface area contributed by atoms with Crippen LogP contribution in [0.5, 0.6) is 5.75 Å². The van der Waals surface area contributed by atoms with Gasteiger partial charge in [0.2, 0.25) is 0 Å². The van der Waals surface area contributed by atoms with Crippen molar-refractivity contribution in [1.82, 2.24) is 10.3 Å². The van der Waals surface area contributed by atoms with Crippen LogP contribution in [-0.4, -0.2) is 19.1 Å². The highest BCUT2D eigenvalue weighted by Gasteiger charge is 2.16. The summed E-state index contributed by atoms with van der Waals surface area (Å²) in [6.07, 6.45) is 3.69. The lowest BCUT2D eigenvalue weighted by atomic mass is 9.94. The average Bonchev–Trinajstić information content (AvgIpc) is 2.43. The van der Waals surface area contributed by atoms with Gasteiger partial charge in [0, 0.05) is 16.9 Å². The van der Waals surface area contributed by atoms with Crippen molar-refractivity contribution in [1.29, 1.82) is 0 Å². The quantitative estimate of drug-likeness (QED) is 0.923. The standard InChI is InChI=1S/C16H19BrN2O/c1-10-6-15(20-4)11(2)5-14(10)16(18-3)12-7-13(17)9-19-8-12/h5-9,16,18H,1-4H3. The fraction of sp³-hybridized carbons (Fsp3) is 0.312. The van der Waals surface area contributed by atoms with Crippen molar-refractivity contribution < 1.29 is 4.74 Å². The van der Waals surface area contributed by atoms with Gasteiger partial charge in [-0.2, -0.15) is 0 Å². The second kappa shape index (κ2) is 6.37. The third-order valence-corrected chi connectivity index (χ3v) is 3.88. The largest absolute Gasteiger partial charge is 0.496 e. The fourth-order valence-electron chi connectivity index (χ4n) is 2.43. The first kappa shape index (κ1) is 15.0. The first-order chi connectivity index (χ1) is 9.56. The van der Waals surface area contributed by atoms with Crippen molar-refractivity contribution in [2.45, 2.75) is 19.9 Å². The van der Waals surface area contributed by atoms with Gasteiger partial charge in [0.05, 0.1) is 13.2 Å². The molecule has 0 saturated carbocycles. The maximum Gasteiger partial charge on any atom is 0.122 e. The van der Waals surface area contributed by atoms with Crippen molar-refractivity contribution in [2.24, 2.45) is 0 Å². The van der Waals surface area contributed by atoms with Crippen LogP contribution in [-0.2, 0) is 0 Å². The number of benzene rings is 1. The number of methoxy groups -OCH3 is 1. The zero-order chi connectivity index (χ0) is 14.7. The molecule has 0 spiro atoms. The molecule has 0 fully saturated rings. The van der Waals surface area contributed by atoms with Crippen LogP contribution in [0.2, 0.25) is 0 Å². The highest BCUT2D eigenvalue weighted by Crippen LogP contribution is 2.30. The van der Waals surface area contributed by atoms with Crippen molar-refractivity contribution in [3.8, 4) is 5.75 Å². The third-order valence-electron chi connectivity index (χ3n) is 3.44. The number of pyridine rings is 1. The van der Waals surface area contributed by atoms with Gasteiger partial charge >= 0.3 is 0 Å². The summed E-state index contributed by atoms with van der Waals surface area (Å²) < 4.78 is 6.36. The molecule has 0 aliphatic carbocycles. The average molecular weight is 335 g/mol. The second-order valence-electron chi connectivity index (χ2n) is 4.84. The van der Waals surface area contributed by atoms with Gasteiger partial charge in [0.25, 0.3) is 0 Å². The number of nitrogens with zero attached hydrogens (tertiary/aromatic N) is 1. The molecule has 0 amide bonds. The van der Waals surface area contributed by atoms with E-state index in [4.69, 9.17) is 4.74 Å². The molecule has 0 radical (unpaired) electrons. The van der Waals surface area contributed by atoms with Crippen LogP contribution < -0.4 is 10.1 Å².